The monoisotopic (exact) mass is 326 g/mol. The minimum absolute atomic E-state index is 0. The van der Waals surface area contributed by atoms with Gasteiger partial charge in [0.05, 0.1) is 11.9 Å². The summed E-state index contributed by atoms with van der Waals surface area (Å²) in [6.07, 6.45) is 0.705. The second-order valence-electron chi connectivity index (χ2n) is 5.06. The van der Waals surface area contributed by atoms with Gasteiger partial charge in [0.15, 0.2) is 0 Å². The summed E-state index contributed by atoms with van der Waals surface area (Å²) in [5.41, 5.74) is 5.89. The van der Waals surface area contributed by atoms with Crippen molar-refractivity contribution in [2.24, 2.45) is 17.6 Å². The van der Waals surface area contributed by atoms with Crippen LogP contribution in [0.2, 0.25) is 0 Å². The van der Waals surface area contributed by atoms with Crippen LogP contribution in [-0.2, 0) is 11.3 Å². The summed E-state index contributed by atoms with van der Waals surface area (Å²) in [5, 5.41) is 6.19. The molecule has 1 aliphatic rings. The van der Waals surface area contributed by atoms with E-state index in [4.69, 9.17) is 5.73 Å². The molecule has 0 bridgehead atoms. The van der Waals surface area contributed by atoms with Crippen LogP contribution in [-0.4, -0.2) is 28.4 Å². The molecule has 1 aliphatic carbocycles. The number of aromatic nitrogens is 2. The van der Waals surface area contributed by atoms with Gasteiger partial charge >= 0.3 is 6.18 Å². The van der Waals surface area contributed by atoms with Gasteiger partial charge in [0.2, 0.25) is 5.91 Å². The van der Waals surface area contributed by atoms with Gasteiger partial charge in [0, 0.05) is 12.1 Å². The Morgan fingerprint density at radius 2 is 2.19 bits per heavy atom. The van der Waals surface area contributed by atoms with Crippen molar-refractivity contribution in [1.29, 1.82) is 0 Å². The van der Waals surface area contributed by atoms with Gasteiger partial charge in [-0.05, 0) is 25.3 Å². The fourth-order valence-corrected chi connectivity index (χ4v) is 2.60. The summed E-state index contributed by atoms with van der Waals surface area (Å²) in [6, 6.07) is 0. The number of rotatable bonds is 4. The fraction of sp³-hybridized carbons (Fsp3) is 0.667. The molecule has 9 heteroatoms. The number of hydrogen-bond donors (Lipinski definition) is 2. The van der Waals surface area contributed by atoms with Crippen molar-refractivity contribution in [1.82, 2.24) is 9.78 Å². The Balaban J connectivity index is 0.00000220. The molecule has 1 aromatic heterocycles. The van der Waals surface area contributed by atoms with Gasteiger partial charge < -0.3 is 11.1 Å². The summed E-state index contributed by atoms with van der Waals surface area (Å²) in [6.45, 7) is -0.719. The van der Waals surface area contributed by atoms with Crippen LogP contribution in [0.15, 0.2) is 12.4 Å². The second kappa shape index (κ2) is 7.13. The average Bonchev–Trinajstić information content (AvgIpc) is 2.95. The van der Waals surface area contributed by atoms with E-state index in [-0.39, 0.29) is 35.8 Å². The van der Waals surface area contributed by atoms with Crippen molar-refractivity contribution in [2.75, 3.05) is 11.9 Å². The number of alkyl halides is 3. The normalized spacial score (nSPS) is 21.9. The molecule has 5 nitrogen and oxygen atoms in total. The quantitative estimate of drug-likeness (QED) is 0.890. The van der Waals surface area contributed by atoms with Crippen LogP contribution >= 0.6 is 12.4 Å². The van der Waals surface area contributed by atoms with Gasteiger partial charge in [-0.2, -0.15) is 18.3 Å². The zero-order chi connectivity index (χ0) is 14.8. The van der Waals surface area contributed by atoms with Crippen molar-refractivity contribution in [2.45, 2.75) is 32.0 Å². The molecule has 120 valence electrons. The molecule has 2 atom stereocenters. The fourth-order valence-electron chi connectivity index (χ4n) is 2.60. The van der Waals surface area contributed by atoms with Crippen LogP contribution in [0.3, 0.4) is 0 Å². The van der Waals surface area contributed by atoms with Crippen LogP contribution in [0.1, 0.15) is 19.3 Å². The summed E-state index contributed by atoms with van der Waals surface area (Å²) < 4.78 is 37.3. The summed E-state index contributed by atoms with van der Waals surface area (Å²) >= 11 is 0. The highest BCUT2D eigenvalue weighted by Gasteiger charge is 2.32. The number of nitrogens with one attached hydrogen (secondary N) is 1. The van der Waals surface area contributed by atoms with E-state index in [2.05, 4.69) is 10.4 Å². The molecule has 1 heterocycles. The smallest absolute Gasteiger partial charge is 0.330 e. The molecule has 1 saturated carbocycles. The Morgan fingerprint density at radius 1 is 1.48 bits per heavy atom. The summed E-state index contributed by atoms with van der Waals surface area (Å²) in [5.74, 6) is -0.198. The van der Waals surface area contributed by atoms with Crippen LogP contribution in [0.4, 0.5) is 18.9 Å². The third kappa shape index (κ3) is 4.89. The standard InChI is InChI=1S/C12H17F3N4O.ClH/c13-12(14,15)7-19-6-9(5-17-19)18-11(20)10-3-1-2-8(10)4-16;/h5-6,8,10H,1-4,7,16H2,(H,18,20);1H/t8-,10-;/m1./s1. The van der Waals surface area contributed by atoms with E-state index in [9.17, 15) is 18.0 Å². The first-order valence-corrected chi connectivity index (χ1v) is 6.49. The Morgan fingerprint density at radius 3 is 2.81 bits per heavy atom. The van der Waals surface area contributed by atoms with Gasteiger partial charge in [-0.25, -0.2) is 0 Å². The van der Waals surface area contributed by atoms with Crippen LogP contribution in [0.25, 0.3) is 0 Å². The molecule has 0 unspecified atom stereocenters. The molecule has 0 spiro atoms. The number of nitrogens with two attached hydrogens (primary N) is 1. The maximum absolute atomic E-state index is 12.2. The number of amides is 1. The van der Waals surface area contributed by atoms with Gasteiger partial charge in [-0.3, -0.25) is 9.48 Å². The SMILES string of the molecule is Cl.NC[C@H]1CCC[C@H]1C(=O)Nc1cnn(CC(F)(F)F)c1. The van der Waals surface area contributed by atoms with E-state index < -0.39 is 12.7 Å². The third-order valence-electron chi connectivity index (χ3n) is 3.54. The first-order valence-electron chi connectivity index (χ1n) is 6.49. The van der Waals surface area contributed by atoms with E-state index in [0.717, 1.165) is 23.9 Å². The molecule has 2 rings (SSSR count). The van der Waals surface area contributed by atoms with Crippen molar-refractivity contribution >= 4 is 24.0 Å². The van der Waals surface area contributed by atoms with Crippen molar-refractivity contribution < 1.29 is 18.0 Å². The number of hydrogen-bond acceptors (Lipinski definition) is 3. The first kappa shape index (κ1) is 17.8. The number of anilines is 1. The zero-order valence-corrected chi connectivity index (χ0v) is 12.1. The highest BCUT2D eigenvalue weighted by atomic mass is 35.5. The van der Waals surface area contributed by atoms with Crippen molar-refractivity contribution in [3.05, 3.63) is 12.4 Å². The Kier molecular flexibility index (Phi) is 6.03. The molecule has 1 amide bonds. The van der Waals surface area contributed by atoms with E-state index in [1.165, 1.54) is 12.4 Å². The number of carbonyl (C=O) groups excluding carboxylic acids is 1. The Bertz CT molecular complexity index is 477. The van der Waals surface area contributed by atoms with E-state index >= 15 is 0 Å². The lowest BCUT2D eigenvalue weighted by Gasteiger charge is -2.16. The molecule has 0 radical (unpaired) electrons. The van der Waals surface area contributed by atoms with Gasteiger partial charge in [-0.1, -0.05) is 6.42 Å². The molecular weight excluding hydrogens is 309 g/mol. The van der Waals surface area contributed by atoms with E-state index in [0.29, 0.717) is 6.54 Å². The zero-order valence-electron chi connectivity index (χ0n) is 11.3. The maximum atomic E-state index is 12.2. The van der Waals surface area contributed by atoms with Crippen molar-refractivity contribution in [3.8, 4) is 0 Å². The molecule has 0 aliphatic heterocycles. The van der Waals surface area contributed by atoms with Crippen LogP contribution in [0.5, 0.6) is 0 Å². The predicted molar refractivity (Wildman–Crippen MR) is 74.0 cm³/mol. The lowest BCUT2D eigenvalue weighted by atomic mass is 9.95. The van der Waals surface area contributed by atoms with Gasteiger partial charge in [0.25, 0.3) is 0 Å². The topological polar surface area (TPSA) is 72.9 Å². The number of nitrogens with zero attached hydrogens (tertiary/aromatic N) is 2. The first-order chi connectivity index (χ1) is 9.39. The minimum Gasteiger partial charge on any atom is -0.330 e. The average molecular weight is 327 g/mol. The molecular formula is C12H18ClF3N4O. The summed E-state index contributed by atoms with van der Waals surface area (Å²) in [7, 11) is 0. The Labute approximate surface area is 126 Å². The van der Waals surface area contributed by atoms with E-state index in [1.54, 1.807) is 0 Å². The molecule has 21 heavy (non-hydrogen) atoms. The van der Waals surface area contributed by atoms with Crippen molar-refractivity contribution in [3.63, 3.8) is 0 Å². The van der Waals surface area contributed by atoms with E-state index in [1.807, 2.05) is 0 Å². The minimum atomic E-state index is -4.33. The molecule has 1 fully saturated rings. The highest BCUT2D eigenvalue weighted by molar-refractivity contribution is 5.92. The lowest BCUT2D eigenvalue weighted by Crippen LogP contribution is -2.29. The Hall–Kier alpha value is -1.28. The molecule has 1 aromatic rings. The molecule has 0 aromatic carbocycles. The van der Waals surface area contributed by atoms with Gasteiger partial charge in [-0.15, -0.1) is 12.4 Å². The molecule has 3 N–H and O–H groups in total. The van der Waals surface area contributed by atoms with Crippen LogP contribution in [0, 0.1) is 11.8 Å². The lowest BCUT2D eigenvalue weighted by molar-refractivity contribution is -0.142. The third-order valence-corrected chi connectivity index (χ3v) is 3.54. The maximum Gasteiger partial charge on any atom is 0.408 e. The van der Waals surface area contributed by atoms with Gasteiger partial charge in [0.1, 0.15) is 6.54 Å². The van der Waals surface area contributed by atoms with Crippen LogP contribution < -0.4 is 11.1 Å². The summed E-state index contributed by atoms with van der Waals surface area (Å²) in [4.78, 5) is 12.1. The predicted octanol–water partition coefficient (Wildman–Crippen LogP) is 2.18. The highest BCUT2D eigenvalue weighted by Crippen LogP contribution is 2.31. The number of halogens is 4. The molecule has 0 saturated heterocycles. The largest absolute Gasteiger partial charge is 0.408 e. The second-order valence-corrected chi connectivity index (χ2v) is 5.06. The number of carbonyl (C=O) groups is 1.